The van der Waals surface area contributed by atoms with E-state index in [0.717, 1.165) is 70.3 Å². The molecule has 5 aromatic rings. The van der Waals surface area contributed by atoms with Crippen molar-refractivity contribution in [3.63, 3.8) is 0 Å². The van der Waals surface area contributed by atoms with E-state index in [2.05, 4.69) is 96.9 Å². The molecule has 3 aliphatic heterocycles. The van der Waals surface area contributed by atoms with E-state index in [9.17, 15) is 14.4 Å². The van der Waals surface area contributed by atoms with Gasteiger partial charge < -0.3 is 35.6 Å². The highest BCUT2D eigenvalue weighted by atomic mass is 35.5. The summed E-state index contributed by atoms with van der Waals surface area (Å²) in [7, 11) is 3.81. The monoisotopic (exact) mass is 1030 g/mol. The van der Waals surface area contributed by atoms with Gasteiger partial charge in [-0.1, -0.05) is 94.1 Å². The molecule has 2 saturated heterocycles. The number of aromatic nitrogens is 3. The Morgan fingerprint density at radius 2 is 1.71 bits per heavy atom. The first-order valence-corrected chi connectivity index (χ1v) is 27.5. The van der Waals surface area contributed by atoms with E-state index in [1.165, 1.54) is 56.1 Å². The first-order valence-electron chi connectivity index (χ1n) is 26.3. The standard InChI is InChI=1S/C23H24ClN3O.C21H27N3O4S.C14H28N2/c1-23(2)16-8-7-15(14-9-11-26(3)12-10-14)13-19(16)27-18-6-4-5-17(24)20(18)21(28)25-22(23)27;1-15-20(29-13-22-15)17-7-5-16(6-8-17)18(12-28-11-10-27-2)23-21(26)19-4-3-9-24(19)14-25;1-11(14(2,3)4)16-10-13(15)12-8-6-5-7-9-12/h4-8,13-14H,9-12H2,1-3H3;5-8,13-14,18-19H,3-4,9-12H2,1-2H3,(H,23,26);10-12,16H,5-9,15H2,1-4H3/b;;13-10-. The van der Waals surface area contributed by atoms with Gasteiger partial charge in [0.25, 0.3) is 5.56 Å². The lowest BCUT2D eigenvalue weighted by atomic mass is 9.83. The number of aryl methyl sites for hydroxylation is 1. The van der Waals surface area contributed by atoms with Gasteiger partial charge >= 0.3 is 0 Å². The van der Waals surface area contributed by atoms with Gasteiger partial charge in [-0.15, -0.1) is 11.3 Å². The maximum absolute atomic E-state index is 12.8. The van der Waals surface area contributed by atoms with E-state index in [1.807, 2.05) is 55.0 Å². The van der Waals surface area contributed by atoms with E-state index in [1.54, 1.807) is 29.4 Å². The van der Waals surface area contributed by atoms with Crippen molar-refractivity contribution in [2.75, 3.05) is 53.6 Å². The van der Waals surface area contributed by atoms with Gasteiger partial charge in [-0.2, -0.15) is 4.98 Å². The van der Waals surface area contributed by atoms with Crippen LogP contribution >= 0.6 is 22.9 Å². The molecular formula is C58H79ClN8O5S. The van der Waals surface area contributed by atoms with Gasteiger partial charge in [0, 0.05) is 31.6 Å². The minimum atomic E-state index is -0.409. The molecule has 13 nitrogen and oxygen atoms in total. The lowest BCUT2D eigenvalue weighted by Gasteiger charge is -2.29. The first kappa shape index (κ1) is 55.6. The lowest BCUT2D eigenvalue weighted by molar-refractivity contribution is -0.132. The van der Waals surface area contributed by atoms with Gasteiger partial charge in [0.1, 0.15) is 11.9 Å². The number of thiazole rings is 1. The highest BCUT2D eigenvalue weighted by Gasteiger charge is 2.39. The molecule has 2 amide bonds. The number of nitrogens with two attached hydrogens (primary N) is 1. The summed E-state index contributed by atoms with van der Waals surface area (Å²) in [6, 6.07) is 20.3. The fourth-order valence-corrected chi connectivity index (χ4v) is 11.4. The van der Waals surface area contributed by atoms with Crippen LogP contribution in [-0.4, -0.2) is 102 Å². The quantitative estimate of drug-likeness (QED) is 0.0723. The van der Waals surface area contributed by atoms with Crippen molar-refractivity contribution in [1.29, 1.82) is 0 Å². The van der Waals surface area contributed by atoms with Crippen molar-refractivity contribution in [2.24, 2.45) is 17.1 Å². The highest BCUT2D eigenvalue weighted by Crippen LogP contribution is 2.45. The summed E-state index contributed by atoms with van der Waals surface area (Å²) in [5, 5.41) is 7.46. The normalized spacial score (nSPS) is 19.0. The number of carbonyl (C=O) groups is 2. The van der Waals surface area contributed by atoms with Crippen LogP contribution in [0.25, 0.3) is 27.0 Å². The van der Waals surface area contributed by atoms with Crippen LogP contribution in [0.3, 0.4) is 0 Å². The Morgan fingerprint density at radius 1 is 0.986 bits per heavy atom. The molecule has 4 N–H and O–H groups in total. The second kappa shape index (κ2) is 24.9. The van der Waals surface area contributed by atoms with Crippen molar-refractivity contribution in [3.8, 4) is 16.1 Å². The van der Waals surface area contributed by atoms with Gasteiger partial charge in [-0.3, -0.25) is 19.0 Å². The third-order valence-electron chi connectivity index (χ3n) is 15.5. The third kappa shape index (κ3) is 13.4. The van der Waals surface area contributed by atoms with Crippen LogP contribution in [0.15, 0.2) is 82.9 Å². The van der Waals surface area contributed by atoms with E-state index < -0.39 is 6.04 Å². The summed E-state index contributed by atoms with van der Waals surface area (Å²) < 4.78 is 12.9. The number of ether oxygens (including phenoxy) is 2. The molecule has 3 fully saturated rings. The number of nitrogens with zero attached hydrogens (tertiary/aromatic N) is 5. The predicted octanol–water partition coefficient (Wildman–Crippen LogP) is 10.4. The molecule has 2 aromatic heterocycles. The molecule has 5 heterocycles. The number of allylic oxidation sites excluding steroid dienone is 1. The minimum Gasteiger partial charge on any atom is -0.401 e. The first-order chi connectivity index (χ1) is 34.9. The topological polar surface area (TPSA) is 157 Å². The van der Waals surface area contributed by atoms with Crippen molar-refractivity contribution < 1.29 is 19.1 Å². The van der Waals surface area contributed by atoms with Gasteiger partial charge in [-0.05, 0) is 144 Å². The molecule has 1 aliphatic carbocycles. The molecule has 3 unspecified atom stereocenters. The number of carbonyl (C=O) groups excluding carboxylic acids is 2. The summed E-state index contributed by atoms with van der Waals surface area (Å²) in [6.45, 7) is 19.4. The number of likely N-dealkylation sites (tertiary alicyclic amines) is 2. The average Bonchev–Trinajstić information content (AvgIpc) is 4.11. The maximum Gasteiger partial charge on any atom is 0.282 e. The van der Waals surface area contributed by atoms with E-state index in [0.29, 0.717) is 61.1 Å². The molecule has 73 heavy (non-hydrogen) atoms. The number of amides is 2. The molecule has 9 rings (SSSR count). The number of hydrogen-bond acceptors (Lipinski definition) is 11. The van der Waals surface area contributed by atoms with Crippen molar-refractivity contribution in [1.82, 2.24) is 35.0 Å². The number of fused-ring (bicyclic) bond motifs is 5. The fraction of sp³-hybridized carbons (Fsp3) is 0.534. The van der Waals surface area contributed by atoms with Gasteiger partial charge in [0.15, 0.2) is 0 Å². The van der Waals surface area contributed by atoms with Crippen LogP contribution in [0, 0.1) is 18.3 Å². The minimum absolute atomic E-state index is 0.141. The SMILES string of the molecule is CC(N/C=C(\N)C1CCCCC1)C(C)(C)C.CN1CCC(c2ccc3c(c2)-n2c(nc(=O)c4c(Cl)cccc42)C3(C)C)CC1.COCCOCC(NC(=O)C1CCCN1C=O)c1ccc(-c2scnc2C)cc1. The molecular weight excluding hydrogens is 956 g/mol. The Hall–Kier alpha value is -5.12. The summed E-state index contributed by atoms with van der Waals surface area (Å²) >= 11 is 7.98. The van der Waals surface area contributed by atoms with Crippen molar-refractivity contribution in [3.05, 3.63) is 122 Å². The van der Waals surface area contributed by atoms with E-state index in [4.69, 9.17) is 26.8 Å². The number of piperidine rings is 1. The Bertz CT molecular complexity index is 2730. The van der Waals surface area contributed by atoms with Crippen LogP contribution in [0.2, 0.25) is 5.02 Å². The number of rotatable bonds is 14. The van der Waals surface area contributed by atoms with Crippen LogP contribution < -0.4 is 21.9 Å². The maximum atomic E-state index is 12.8. The molecule has 394 valence electrons. The number of halogens is 1. The summed E-state index contributed by atoms with van der Waals surface area (Å²) in [6.07, 6.45) is 13.3. The van der Waals surface area contributed by atoms with Crippen LogP contribution in [0.1, 0.15) is 139 Å². The predicted molar refractivity (Wildman–Crippen MR) is 297 cm³/mol. The summed E-state index contributed by atoms with van der Waals surface area (Å²) in [5.74, 6) is 1.85. The van der Waals surface area contributed by atoms with E-state index >= 15 is 0 Å². The Labute approximate surface area is 442 Å². The largest absolute Gasteiger partial charge is 0.401 e. The molecule has 15 heteroatoms. The number of hydrogen-bond donors (Lipinski definition) is 3. The van der Waals surface area contributed by atoms with Gasteiger partial charge in [-0.25, -0.2) is 4.98 Å². The molecule has 4 aliphatic rings. The fourth-order valence-electron chi connectivity index (χ4n) is 10.4. The zero-order valence-electron chi connectivity index (χ0n) is 44.6. The molecule has 0 radical (unpaired) electrons. The Morgan fingerprint density at radius 3 is 2.37 bits per heavy atom. The summed E-state index contributed by atoms with van der Waals surface area (Å²) in [4.78, 5) is 50.6. The van der Waals surface area contributed by atoms with Crippen LogP contribution in [0.5, 0.6) is 0 Å². The highest BCUT2D eigenvalue weighted by molar-refractivity contribution is 7.13. The lowest BCUT2D eigenvalue weighted by Crippen LogP contribution is -2.44. The Kier molecular flexibility index (Phi) is 19.0. The molecule has 3 atom stereocenters. The Balaban J connectivity index is 0.000000168. The second-order valence-corrected chi connectivity index (χ2v) is 23.2. The zero-order chi connectivity index (χ0) is 52.5. The molecule has 0 bridgehead atoms. The smallest absolute Gasteiger partial charge is 0.282 e. The molecule has 3 aromatic carbocycles. The summed E-state index contributed by atoms with van der Waals surface area (Å²) in [5.41, 5.74) is 16.4. The number of nitrogens with one attached hydrogen (secondary N) is 2. The van der Waals surface area contributed by atoms with Crippen molar-refractivity contribution in [2.45, 2.75) is 136 Å². The van der Waals surface area contributed by atoms with Gasteiger partial charge in [0.2, 0.25) is 12.3 Å². The van der Waals surface area contributed by atoms with Crippen LogP contribution in [0.4, 0.5) is 0 Å². The average molecular weight is 1040 g/mol. The third-order valence-corrected chi connectivity index (χ3v) is 16.8. The zero-order valence-corrected chi connectivity index (χ0v) is 46.2. The van der Waals surface area contributed by atoms with Gasteiger partial charge in [0.05, 0.1) is 69.0 Å². The van der Waals surface area contributed by atoms with E-state index in [-0.39, 0.29) is 28.3 Å². The molecule has 1 saturated carbocycles. The molecule has 0 spiro atoms. The second-order valence-electron chi connectivity index (χ2n) is 21.9. The van der Waals surface area contributed by atoms with Crippen LogP contribution in [-0.2, 0) is 24.5 Å². The van der Waals surface area contributed by atoms with Crippen molar-refractivity contribution >= 4 is 46.2 Å². The number of methoxy groups -OCH3 is 1. The number of benzene rings is 3.